The number of rotatable bonds is 9. The predicted octanol–water partition coefficient (Wildman–Crippen LogP) is 4.14. The summed E-state index contributed by atoms with van der Waals surface area (Å²) in [5.74, 6) is -0.669. The molecule has 0 aromatic rings. The van der Waals surface area contributed by atoms with Gasteiger partial charge in [-0.15, -0.1) is 0 Å². The second kappa shape index (κ2) is 11.0. The van der Waals surface area contributed by atoms with Crippen molar-refractivity contribution in [2.75, 3.05) is 0 Å². The zero-order chi connectivity index (χ0) is 10.6. The molecule has 82 valence electrons. The first-order valence-electron chi connectivity index (χ1n) is 5.24. The Morgan fingerprint density at radius 1 is 1.07 bits per heavy atom. The van der Waals surface area contributed by atoms with Gasteiger partial charge in [0.1, 0.15) is 0 Å². The molecular formula is C11H19IO2. The highest BCUT2D eigenvalue weighted by atomic mass is 127. The Bertz CT molecular complexity index is 167. The predicted molar refractivity (Wildman–Crippen MR) is 67.7 cm³/mol. The lowest BCUT2D eigenvalue weighted by Gasteiger charge is -1.98. The molecule has 0 radical (unpaired) electrons. The fourth-order valence-corrected chi connectivity index (χ4v) is 1.67. The number of carboxylic acid groups (broad SMARTS) is 1. The molecule has 0 unspecified atom stereocenters. The van der Waals surface area contributed by atoms with E-state index >= 15 is 0 Å². The molecule has 0 atom stereocenters. The first-order valence-corrected chi connectivity index (χ1v) is 6.49. The molecule has 0 saturated carbocycles. The fourth-order valence-electron chi connectivity index (χ4n) is 1.31. The molecule has 0 heterocycles. The van der Waals surface area contributed by atoms with Gasteiger partial charge in [0.2, 0.25) is 0 Å². The Kier molecular flexibility index (Phi) is 11.0. The second-order valence-electron chi connectivity index (χ2n) is 3.42. The molecular weight excluding hydrogens is 291 g/mol. The van der Waals surface area contributed by atoms with Gasteiger partial charge in [-0.2, -0.15) is 0 Å². The smallest absolute Gasteiger partial charge is 0.303 e. The number of carbonyl (C=O) groups is 1. The van der Waals surface area contributed by atoms with Crippen LogP contribution in [-0.2, 0) is 4.79 Å². The fraction of sp³-hybridized carbons (Fsp3) is 0.727. The maximum absolute atomic E-state index is 10.2. The molecule has 0 spiro atoms. The largest absolute Gasteiger partial charge is 0.481 e. The van der Waals surface area contributed by atoms with Crippen molar-refractivity contribution in [1.82, 2.24) is 0 Å². The van der Waals surface area contributed by atoms with E-state index in [-0.39, 0.29) is 0 Å². The van der Waals surface area contributed by atoms with Gasteiger partial charge in [0.25, 0.3) is 0 Å². The van der Waals surface area contributed by atoms with E-state index in [9.17, 15) is 4.79 Å². The molecule has 3 heteroatoms. The van der Waals surface area contributed by atoms with E-state index in [1.807, 2.05) is 0 Å². The number of hydrogen-bond donors (Lipinski definition) is 1. The maximum atomic E-state index is 10.2. The molecule has 1 N–H and O–H groups in total. The molecule has 0 rings (SSSR count). The molecule has 0 aliphatic heterocycles. The summed E-state index contributed by atoms with van der Waals surface area (Å²) in [4.78, 5) is 10.2. The number of halogens is 1. The summed E-state index contributed by atoms with van der Waals surface area (Å²) in [6, 6.07) is 0. The monoisotopic (exact) mass is 310 g/mol. The zero-order valence-electron chi connectivity index (χ0n) is 8.54. The number of unbranched alkanes of at least 4 members (excludes halogenated alkanes) is 6. The maximum Gasteiger partial charge on any atom is 0.303 e. The average Bonchev–Trinajstić information content (AvgIpc) is 2.15. The third-order valence-electron chi connectivity index (χ3n) is 2.10. The quantitative estimate of drug-likeness (QED) is 0.513. The molecule has 0 aromatic carbocycles. The van der Waals surface area contributed by atoms with Crippen molar-refractivity contribution >= 4 is 28.6 Å². The number of allylic oxidation sites excluding steroid dienone is 1. The first kappa shape index (κ1) is 13.9. The van der Waals surface area contributed by atoms with Crippen LogP contribution in [0.3, 0.4) is 0 Å². The van der Waals surface area contributed by atoms with Gasteiger partial charge in [-0.3, -0.25) is 4.79 Å². The van der Waals surface area contributed by atoms with Crippen molar-refractivity contribution in [3.8, 4) is 0 Å². The van der Waals surface area contributed by atoms with E-state index in [4.69, 9.17) is 5.11 Å². The standard InChI is InChI=1S/C11H19IO2/c12-10-8-6-4-2-1-3-5-7-9-11(13)14/h8,10H,1-7,9H2,(H,13,14). The van der Waals surface area contributed by atoms with Gasteiger partial charge >= 0.3 is 5.97 Å². The zero-order valence-corrected chi connectivity index (χ0v) is 10.7. The van der Waals surface area contributed by atoms with Crippen molar-refractivity contribution in [3.63, 3.8) is 0 Å². The lowest BCUT2D eigenvalue weighted by Crippen LogP contribution is -1.93. The van der Waals surface area contributed by atoms with Crippen LogP contribution in [0, 0.1) is 0 Å². The summed E-state index contributed by atoms with van der Waals surface area (Å²) in [6.45, 7) is 0. The van der Waals surface area contributed by atoms with E-state index in [0.29, 0.717) is 6.42 Å². The highest BCUT2D eigenvalue weighted by molar-refractivity contribution is 14.1. The van der Waals surface area contributed by atoms with Crippen LogP contribution in [0.5, 0.6) is 0 Å². The van der Waals surface area contributed by atoms with Gasteiger partial charge in [0.15, 0.2) is 0 Å². The lowest BCUT2D eigenvalue weighted by atomic mass is 10.1. The highest BCUT2D eigenvalue weighted by Crippen LogP contribution is 2.09. The minimum absolute atomic E-state index is 0.331. The Morgan fingerprint density at radius 3 is 2.21 bits per heavy atom. The van der Waals surface area contributed by atoms with Gasteiger partial charge in [0, 0.05) is 6.42 Å². The van der Waals surface area contributed by atoms with Gasteiger partial charge in [-0.1, -0.05) is 54.4 Å². The Hall–Kier alpha value is -0.0600. The van der Waals surface area contributed by atoms with Crippen LogP contribution in [0.15, 0.2) is 10.2 Å². The summed E-state index contributed by atoms with van der Waals surface area (Å²) in [7, 11) is 0. The van der Waals surface area contributed by atoms with Crippen LogP contribution < -0.4 is 0 Å². The minimum atomic E-state index is -0.669. The highest BCUT2D eigenvalue weighted by Gasteiger charge is 1.95. The SMILES string of the molecule is O=C(O)CCCCCCCCC=CI. The molecule has 0 aliphatic rings. The van der Waals surface area contributed by atoms with E-state index in [1.54, 1.807) is 0 Å². The number of carboxylic acids is 1. The second-order valence-corrected chi connectivity index (χ2v) is 4.13. The Labute approximate surface area is 99.9 Å². The summed E-state index contributed by atoms with van der Waals surface area (Å²) in [6.07, 6.45) is 10.6. The van der Waals surface area contributed by atoms with Crippen molar-refractivity contribution in [1.29, 1.82) is 0 Å². The lowest BCUT2D eigenvalue weighted by molar-refractivity contribution is -0.137. The molecule has 0 fully saturated rings. The van der Waals surface area contributed by atoms with Gasteiger partial charge < -0.3 is 5.11 Å². The molecule has 0 bridgehead atoms. The summed E-state index contributed by atoms with van der Waals surface area (Å²) in [5, 5.41) is 8.40. The normalized spacial score (nSPS) is 10.9. The van der Waals surface area contributed by atoms with Crippen molar-refractivity contribution in [3.05, 3.63) is 10.2 Å². The van der Waals surface area contributed by atoms with E-state index < -0.39 is 5.97 Å². The molecule has 0 aromatic heterocycles. The summed E-state index contributed by atoms with van der Waals surface area (Å²) >= 11 is 2.24. The summed E-state index contributed by atoms with van der Waals surface area (Å²) in [5.41, 5.74) is 0. The van der Waals surface area contributed by atoms with Crippen LogP contribution in [0.1, 0.15) is 51.4 Å². The van der Waals surface area contributed by atoms with Crippen molar-refractivity contribution < 1.29 is 9.90 Å². The van der Waals surface area contributed by atoms with Crippen LogP contribution in [-0.4, -0.2) is 11.1 Å². The molecule has 0 saturated heterocycles. The van der Waals surface area contributed by atoms with Crippen LogP contribution in [0.2, 0.25) is 0 Å². The summed E-state index contributed by atoms with van der Waals surface area (Å²) < 4.78 is 2.06. The van der Waals surface area contributed by atoms with Crippen LogP contribution in [0.25, 0.3) is 0 Å². The third-order valence-corrected chi connectivity index (χ3v) is 2.61. The molecule has 0 amide bonds. The number of hydrogen-bond acceptors (Lipinski definition) is 1. The van der Waals surface area contributed by atoms with Gasteiger partial charge in [-0.05, 0) is 23.3 Å². The van der Waals surface area contributed by atoms with Crippen molar-refractivity contribution in [2.24, 2.45) is 0 Å². The van der Waals surface area contributed by atoms with Crippen molar-refractivity contribution in [2.45, 2.75) is 51.4 Å². The average molecular weight is 310 g/mol. The van der Waals surface area contributed by atoms with E-state index in [2.05, 4.69) is 32.7 Å². The minimum Gasteiger partial charge on any atom is -0.481 e. The third kappa shape index (κ3) is 11.9. The topological polar surface area (TPSA) is 37.3 Å². The van der Waals surface area contributed by atoms with E-state index in [0.717, 1.165) is 12.8 Å². The van der Waals surface area contributed by atoms with Gasteiger partial charge in [-0.25, -0.2) is 0 Å². The van der Waals surface area contributed by atoms with Crippen LogP contribution in [0.4, 0.5) is 0 Å². The molecule has 14 heavy (non-hydrogen) atoms. The Balaban J connectivity index is 2.95. The van der Waals surface area contributed by atoms with E-state index in [1.165, 1.54) is 32.1 Å². The molecule has 2 nitrogen and oxygen atoms in total. The van der Waals surface area contributed by atoms with Gasteiger partial charge in [0.05, 0.1) is 0 Å². The first-order chi connectivity index (χ1) is 6.77. The molecule has 0 aliphatic carbocycles. The van der Waals surface area contributed by atoms with Crippen LogP contribution >= 0.6 is 22.6 Å². The number of aliphatic carboxylic acids is 1. The Morgan fingerprint density at radius 2 is 1.64 bits per heavy atom.